The lowest BCUT2D eigenvalue weighted by Crippen LogP contribution is -2.05. The number of anilines is 1. The number of benzene rings is 1. The van der Waals surface area contributed by atoms with E-state index in [2.05, 4.69) is 62.8 Å². The molecule has 19 heavy (non-hydrogen) atoms. The minimum atomic E-state index is 0.281. The average molecular weight is 333 g/mol. The summed E-state index contributed by atoms with van der Waals surface area (Å²) in [4.78, 5) is 5.64. The number of fused-ring (bicyclic) bond motifs is 1. The predicted molar refractivity (Wildman–Crippen MR) is 85.8 cm³/mol. The first-order valence-electron chi connectivity index (χ1n) is 6.08. The third-order valence-electron chi connectivity index (χ3n) is 3.02. The van der Waals surface area contributed by atoms with Gasteiger partial charge >= 0.3 is 0 Å². The lowest BCUT2D eigenvalue weighted by molar-refractivity contribution is 0.904. The minimum absolute atomic E-state index is 0.281. The number of hydrogen-bond acceptors (Lipinski definition) is 3. The van der Waals surface area contributed by atoms with E-state index in [0.29, 0.717) is 0 Å². The molecule has 1 N–H and O–H groups in total. The molecule has 96 valence electrons. The van der Waals surface area contributed by atoms with E-state index in [4.69, 9.17) is 0 Å². The Morgan fingerprint density at radius 3 is 2.95 bits per heavy atom. The van der Waals surface area contributed by atoms with E-state index in [-0.39, 0.29) is 6.04 Å². The van der Waals surface area contributed by atoms with Crippen molar-refractivity contribution in [3.8, 4) is 0 Å². The molecule has 0 aliphatic carbocycles. The maximum absolute atomic E-state index is 4.33. The molecule has 0 aliphatic heterocycles. The SMILES string of the molecule is CC(Nc1ccc2ncccc2c1)c1sccc1Br. The Balaban J connectivity index is 1.87. The Hall–Kier alpha value is -1.39. The van der Waals surface area contributed by atoms with Crippen LogP contribution in [0.25, 0.3) is 10.9 Å². The summed E-state index contributed by atoms with van der Waals surface area (Å²) in [5.41, 5.74) is 2.14. The maximum Gasteiger partial charge on any atom is 0.0703 e. The molecule has 1 unspecified atom stereocenters. The highest BCUT2D eigenvalue weighted by Crippen LogP contribution is 2.31. The molecule has 3 rings (SSSR count). The number of nitrogens with zero attached hydrogens (tertiary/aromatic N) is 1. The van der Waals surface area contributed by atoms with Crippen molar-refractivity contribution in [1.29, 1.82) is 0 Å². The lowest BCUT2D eigenvalue weighted by Gasteiger charge is -2.15. The Morgan fingerprint density at radius 2 is 2.16 bits per heavy atom. The summed E-state index contributed by atoms with van der Waals surface area (Å²) in [7, 11) is 0. The minimum Gasteiger partial charge on any atom is -0.378 e. The Kier molecular flexibility index (Phi) is 3.53. The highest BCUT2D eigenvalue weighted by molar-refractivity contribution is 9.10. The van der Waals surface area contributed by atoms with Crippen molar-refractivity contribution in [1.82, 2.24) is 4.98 Å². The number of aromatic nitrogens is 1. The van der Waals surface area contributed by atoms with Crippen LogP contribution >= 0.6 is 27.3 Å². The normalized spacial score (nSPS) is 12.5. The molecule has 2 aromatic heterocycles. The molecule has 0 fully saturated rings. The molecule has 1 atom stereocenters. The van der Waals surface area contributed by atoms with Gasteiger partial charge in [-0.25, -0.2) is 0 Å². The fourth-order valence-corrected chi connectivity index (χ4v) is 3.82. The molecule has 0 aliphatic rings. The van der Waals surface area contributed by atoms with Crippen LogP contribution in [0.5, 0.6) is 0 Å². The number of hydrogen-bond donors (Lipinski definition) is 1. The van der Waals surface area contributed by atoms with E-state index in [1.165, 1.54) is 9.35 Å². The van der Waals surface area contributed by atoms with Crippen molar-refractivity contribution >= 4 is 43.9 Å². The first-order chi connectivity index (χ1) is 9.24. The first kappa shape index (κ1) is 12.6. The fourth-order valence-electron chi connectivity index (χ4n) is 2.10. The van der Waals surface area contributed by atoms with E-state index >= 15 is 0 Å². The van der Waals surface area contributed by atoms with Crippen LogP contribution in [0.4, 0.5) is 5.69 Å². The predicted octanol–water partition coefficient (Wildman–Crippen LogP) is 5.23. The second-order valence-electron chi connectivity index (χ2n) is 4.41. The molecule has 4 heteroatoms. The van der Waals surface area contributed by atoms with Gasteiger partial charge in [-0.2, -0.15) is 0 Å². The van der Waals surface area contributed by atoms with Gasteiger partial charge in [0.25, 0.3) is 0 Å². The van der Waals surface area contributed by atoms with Crippen LogP contribution in [0.2, 0.25) is 0 Å². The van der Waals surface area contributed by atoms with Gasteiger partial charge in [0, 0.05) is 26.6 Å². The molecule has 0 bridgehead atoms. The number of nitrogens with one attached hydrogen (secondary N) is 1. The van der Waals surface area contributed by atoms with Crippen molar-refractivity contribution < 1.29 is 0 Å². The third kappa shape index (κ3) is 2.65. The van der Waals surface area contributed by atoms with Gasteiger partial charge in [0.15, 0.2) is 0 Å². The molecule has 0 spiro atoms. The molecule has 0 saturated heterocycles. The topological polar surface area (TPSA) is 24.9 Å². The van der Waals surface area contributed by atoms with Gasteiger partial charge in [-0.3, -0.25) is 4.98 Å². The van der Waals surface area contributed by atoms with Crippen LogP contribution in [-0.4, -0.2) is 4.98 Å². The summed E-state index contributed by atoms with van der Waals surface area (Å²) in [6.07, 6.45) is 1.82. The molecule has 0 saturated carbocycles. The van der Waals surface area contributed by atoms with Crippen molar-refractivity contribution in [2.75, 3.05) is 5.32 Å². The molecule has 2 heterocycles. The Labute approximate surface area is 124 Å². The van der Waals surface area contributed by atoms with Gasteiger partial charge in [-0.05, 0) is 58.6 Å². The van der Waals surface area contributed by atoms with Crippen molar-refractivity contribution in [2.24, 2.45) is 0 Å². The molecule has 0 amide bonds. The number of pyridine rings is 1. The summed E-state index contributed by atoms with van der Waals surface area (Å²) < 4.78 is 1.17. The van der Waals surface area contributed by atoms with Crippen LogP contribution < -0.4 is 5.32 Å². The van der Waals surface area contributed by atoms with E-state index in [1.54, 1.807) is 11.3 Å². The van der Waals surface area contributed by atoms with Gasteiger partial charge in [-0.1, -0.05) is 6.07 Å². The molecule has 0 radical (unpaired) electrons. The second-order valence-corrected chi connectivity index (χ2v) is 6.21. The van der Waals surface area contributed by atoms with Crippen LogP contribution in [0, 0.1) is 0 Å². The molecule has 3 aromatic rings. The number of halogens is 1. The Morgan fingerprint density at radius 1 is 1.26 bits per heavy atom. The quantitative estimate of drug-likeness (QED) is 0.710. The van der Waals surface area contributed by atoms with Gasteiger partial charge in [0.2, 0.25) is 0 Å². The lowest BCUT2D eigenvalue weighted by atomic mass is 10.2. The highest BCUT2D eigenvalue weighted by Gasteiger charge is 2.10. The summed E-state index contributed by atoms with van der Waals surface area (Å²) >= 11 is 5.34. The second kappa shape index (κ2) is 5.31. The average Bonchev–Trinajstić information content (AvgIpc) is 2.85. The zero-order valence-corrected chi connectivity index (χ0v) is 12.8. The summed E-state index contributed by atoms with van der Waals surface area (Å²) in [6.45, 7) is 2.17. The fraction of sp³-hybridized carbons (Fsp3) is 0.133. The monoisotopic (exact) mass is 332 g/mol. The molecule has 1 aromatic carbocycles. The van der Waals surface area contributed by atoms with Crippen LogP contribution in [0.15, 0.2) is 52.4 Å². The Bertz CT molecular complexity index is 708. The molecule has 2 nitrogen and oxygen atoms in total. The zero-order chi connectivity index (χ0) is 13.2. The van der Waals surface area contributed by atoms with Gasteiger partial charge in [0.05, 0.1) is 11.6 Å². The number of rotatable bonds is 3. The van der Waals surface area contributed by atoms with Gasteiger partial charge in [-0.15, -0.1) is 11.3 Å². The smallest absolute Gasteiger partial charge is 0.0703 e. The zero-order valence-electron chi connectivity index (χ0n) is 10.4. The standard InChI is InChI=1S/C15H13BrN2S/c1-10(15-13(16)6-8-19-15)18-12-4-5-14-11(9-12)3-2-7-17-14/h2-10,18H,1H3. The highest BCUT2D eigenvalue weighted by atomic mass is 79.9. The molecular weight excluding hydrogens is 320 g/mol. The van der Waals surface area contributed by atoms with Crippen LogP contribution in [0.3, 0.4) is 0 Å². The summed E-state index contributed by atoms with van der Waals surface area (Å²) in [5, 5.41) is 6.79. The van der Waals surface area contributed by atoms with E-state index in [0.717, 1.165) is 16.6 Å². The van der Waals surface area contributed by atoms with Crippen molar-refractivity contribution in [2.45, 2.75) is 13.0 Å². The number of thiophene rings is 1. The van der Waals surface area contributed by atoms with Crippen LogP contribution in [0.1, 0.15) is 17.8 Å². The first-order valence-corrected chi connectivity index (χ1v) is 7.75. The van der Waals surface area contributed by atoms with E-state index in [9.17, 15) is 0 Å². The van der Waals surface area contributed by atoms with Crippen LogP contribution in [-0.2, 0) is 0 Å². The molecular formula is C15H13BrN2S. The van der Waals surface area contributed by atoms with Gasteiger partial charge < -0.3 is 5.32 Å². The van der Waals surface area contributed by atoms with Crippen molar-refractivity contribution in [3.05, 3.63) is 57.3 Å². The maximum atomic E-state index is 4.33. The summed E-state index contributed by atoms with van der Waals surface area (Å²) in [6, 6.07) is 12.7. The van der Waals surface area contributed by atoms with Crippen molar-refractivity contribution in [3.63, 3.8) is 0 Å². The van der Waals surface area contributed by atoms with Gasteiger partial charge in [0.1, 0.15) is 0 Å². The van der Waals surface area contributed by atoms with E-state index < -0.39 is 0 Å². The third-order valence-corrected chi connectivity index (χ3v) is 5.08. The largest absolute Gasteiger partial charge is 0.378 e. The summed E-state index contributed by atoms with van der Waals surface area (Å²) in [5.74, 6) is 0. The van der Waals surface area contributed by atoms with E-state index in [1.807, 2.05) is 18.3 Å².